The summed E-state index contributed by atoms with van der Waals surface area (Å²) in [6.07, 6.45) is 11.5. The molecule has 2 fully saturated rings. The summed E-state index contributed by atoms with van der Waals surface area (Å²) in [5.41, 5.74) is 0. The van der Waals surface area contributed by atoms with Crippen LogP contribution >= 0.6 is 0 Å². The van der Waals surface area contributed by atoms with Crippen LogP contribution in [0.4, 0.5) is 0 Å². The van der Waals surface area contributed by atoms with Crippen molar-refractivity contribution < 1.29 is 4.74 Å². The normalized spacial score (nSPS) is 34.0. The molecule has 0 aromatic rings. The molecule has 0 bridgehead atoms. The van der Waals surface area contributed by atoms with Crippen LogP contribution in [0.3, 0.4) is 0 Å². The van der Waals surface area contributed by atoms with Gasteiger partial charge >= 0.3 is 0 Å². The number of hydrogen-bond donors (Lipinski definition) is 1. The van der Waals surface area contributed by atoms with E-state index in [9.17, 15) is 0 Å². The van der Waals surface area contributed by atoms with Crippen molar-refractivity contribution in [3.8, 4) is 0 Å². The van der Waals surface area contributed by atoms with Crippen LogP contribution in [0.1, 0.15) is 65.2 Å². The van der Waals surface area contributed by atoms with Crippen LogP contribution in [0, 0.1) is 11.8 Å². The first kappa shape index (κ1) is 14.3. The second-order valence-corrected chi connectivity index (χ2v) is 6.41. The van der Waals surface area contributed by atoms with Crippen molar-refractivity contribution in [3.63, 3.8) is 0 Å². The molecular weight excluding hydrogens is 222 g/mol. The van der Waals surface area contributed by atoms with Crippen LogP contribution in [0.2, 0.25) is 0 Å². The summed E-state index contributed by atoms with van der Waals surface area (Å²) in [6.45, 7) is 6.78. The lowest BCUT2D eigenvalue weighted by molar-refractivity contribution is 0.100. The second-order valence-electron chi connectivity index (χ2n) is 6.41. The highest BCUT2D eigenvalue weighted by molar-refractivity contribution is 4.83. The van der Waals surface area contributed by atoms with E-state index in [2.05, 4.69) is 19.2 Å². The molecule has 2 heteroatoms. The van der Waals surface area contributed by atoms with Gasteiger partial charge in [-0.05, 0) is 63.3 Å². The van der Waals surface area contributed by atoms with E-state index < -0.39 is 0 Å². The van der Waals surface area contributed by atoms with Crippen LogP contribution in [0.5, 0.6) is 0 Å². The molecule has 0 radical (unpaired) electrons. The van der Waals surface area contributed by atoms with Crippen LogP contribution in [-0.2, 0) is 4.74 Å². The summed E-state index contributed by atoms with van der Waals surface area (Å²) in [5.74, 6) is 1.89. The van der Waals surface area contributed by atoms with E-state index >= 15 is 0 Å². The Kier molecular flexibility index (Phi) is 5.97. The van der Waals surface area contributed by atoms with Crippen LogP contribution in [0.25, 0.3) is 0 Å². The average molecular weight is 253 g/mol. The summed E-state index contributed by atoms with van der Waals surface area (Å²) in [7, 11) is 0. The predicted octanol–water partition coefficient (Wildman–Crippen LogP) is 3.75. The van der Waals surface area contributed by atoms with Crippen LogP contribution in [-0.4, -0.2) is 25.3 Å². The average Bonchev–Trinajstić information content (AvgIpc) is 2.99. The lowest BCUT2D eigenvalue weighted by Crippen LogP contribution is -2.35. The molecule has 1 heterocycles. The summed E-state index contributed by atoms with van der Waals surface area (Å²) in [4.78, 5) is 0. The van der Waals surface area contributed by atoms with Crippen LogP contribution in [0.15, 0.2) is 0 Å². The third-order valence-corrected chi connectivity index (χ3v) is 4.84. The van der Waals surface area contributed by atoms with Gasteiger partial charge in [0, 0.05) is 12.6 Å². The smallest absolute Gasteiger partial charge is 0.0576 e. The van der Waals surface area contributed by atoms with Crippen molar-refractivity contribution in [2.45, 2.75) is 77.4 Å². The topological polar surface area (TPSA) is 21.3 Å². The van der Waals surface area contributed by atoms with Gasteiger partial charge in [0.2, 0.25) is 0 Å². The van der Waals surface area contributed by atoms with Gasteiger partial charge in [-0.1, -0.05) is 20.3 Å². The number of nitrogens with one attached hydrogen (secondary N) is 1. The van der Waals surface area contributed by atoms with E-state index in [1.807, 2.05) is 0 Å². The SMILES string of the molecule is CCNC(CCCC1CCCO1)C1CCC(C)C1. The maximum absolute atomic E-state index is 5.72. The Hall–Kier alpha value is -0.0800. The molecule has 1 N–H and O–H groups in total. The van der Waals surface area contributed by atoms with Crippen molar-refractivity contribution in [3.05, 3.63) is 0 Å². The van der Waals surface area contributed by atoms with E-state index in [1.54, 1.807) is 0 Å². The van der Waals surface area contributed by atoms with Gasteiger partial charge in [0.25, 0.3) is 0 Å². The summed E-state index contributed by atoms with van der Waals surface area (Å²) in [6, 6.07) is 0.765. The highest BCUT2D eigenvalue weighted by Crippen LogP contribution is 2.34. The zero-order valence-electron chi connectivity index (χ0n) is 12.3. The van der Waals surface area contributed by atoms with Gasteiger partial charge in [0.1, 0.15) is 0 Å². The molecule has 0 aromatic heterocycles. The minimum Gasteiger partial charge on any atom is -0.378 e. The fraction of sp³-hybridized carbons (Fsp3) is 1.00. The molecule has 106 valence electrons. The molecule has 18 heavy (non-hydrogen) atoms. The molecule has 0 spiro atoms. The molecule has 2 rings (SSSR count). The van der Waals surface area contributed by atoms with Crippen molar-refractivity contribution in [2.24, 2.45) is 11.8 Å². The molecule has 1 aliphatic heterocycles. The molecule has 2 nitrogen and oxygen atoms in total. The van der Waals surface area contributed by atoms with Gasteiger partial charge in [-0.25, -0.2) is 0 Å². The highest BCUT2D eigenvalue weighted by Gasteiger charge is 2.28. The van der Waals surface area contributed by atoms with Gasteiger partial charge < -0.3 is 10.1 Å². The van der Waals surface area contributed by atoms with Gasteiger partial charge in [-0.3, -0.25) is 0 Å². The highest BCUT2D eigenvalue weighted by atomic mass is 16.5. The summed E-state index contributed by atoms with van der Waals surface area (Å²) in [5, 5.41) is 3.73. The zero-order valence-corrected chi connectivity index (χ0v) is 12.3. The maximum atomic E-state index is 5.72. The van der Waals surface area contributed by atoms with Crippen molar-refractivity contribution >= 4 is 0 Å². The molecule has 4 atom stereocenters. The van der Waals surface area contributed by atoms with Crippen molar-refractivity contribution in [2.75, 3.05) is 13.2 Å². The van der Waals surface area contributed by atoms with Crippen molar-refractivity contribution in [1.29, 1.82) is 0 Å². The largest absolute Gasteiger partial charge is 0.378 e. The standard InChI is InChI=1S/C16H31NO/c1-3-17-16(14-10-9-13(2)12-14)8-4-6-15-7-5-11-18-15/h13-17H,3-12H2,1-2H3. The first-order valence-electron chi connectivity index (χ1n) is 8.14. The number of rotatable bonds is 7. The fourth-order valence-electron chi connectivity index (χ4n) is 3.82. The zero-order chi connectivity index (χ0) is 12.8. The van der Waals surface area contributed by atoms with Gasteiger partial charge in [-0.2, -0.15) is 0 Å². The van der Waals surface area contributed by atoms with Gasteiger partial charge in [0.05, 0.1) is 6.10 Å². The summed E-state index contributed by atoms with van der Waals surface area (Å²) < 4.78 is 5.72. The lowest BCUT2D eigenvalue weighted by Gasteiger charge is -2.25. The van der Waals surface area contributed by atoms with Gasteiger partial charge in [0.15, 0.2) is 0 Å². The molecule has 0 aromatic carbocycles. The van der Waals surface area contributed by atoms with E-state index in [0.717, 1.165) is 31.0 Å². The van der Waals surface area contributed by atoms with E-state index in [-0.39, 0.29) is 0 Å². The minimum atomic E-state index is 0.578. The van der Waals surface area contributed by atoms with E-state index in [0.29, 0.717) is 6.10 Å². The van der Waals surface area contributed by atoms with Crippen LogP contribution < -0.4 is 5.32 Å². The van der Waals surface area contributed by atoms with Crippen molar-refractivity contribution in [1.82, 2.24) is 5.32 Å². The number of hydrogen-bond acceptors (Lipinski definition) is 2. The molecule has 1 saturated heterocycles. The quantitative estimate of drug-likeness (QED) is 0.746. The third-order valence-electron chi connectivity index (χ3n) is 4.84. The first-order valence-corrected chi connectivity index (χ1v) is 8.14. The predicted molar refractivity (Wildman–Crippen MR) is 76.8 cm³/mol. The molecule has 1 aliphatic carbocycles. The van der Waals surface area contributed by atoms with E-state index in [4.69, 9.17) is 4.74 Å². The molecule has 2 aliphatic rings. The Morgan fingerprint density at radius 3 is 2.78 bits per heavy atom. The Morgan fingerprint density at radius 1 is 1.28 bits per heavy atom. The first-order chi connectivity index (χ1) is 8.79. The summed E-state index contributed by atoms with van der Waals surface area (Å²) >= 11 is 0. The molecule has 0 amide bonds. The monoisotopic (exact) mass is 253 g/mol. The fourth-order valence-corrected chi connectivity index (χ4v) is 3.82. The Morgan fingerprint density at radius 2 is 2.17 bits per heavy atom. The Balaban J connectivity index is 1.68. The Bertz CT molecular complexity index is 225. The molecular formula is C16H31NO. The lowest BCUT2D eigenvalue weighted by atomic mass is 9.92. The maximum Gasteiger partial charge on any atom is 0.0576 e. The van der Waals surface area contributed by atoms with Gasteiger partial charge in [-0.15, -0.1) is 0 Å². The third kappa shape index (κ3) is 4.24. The minimum absolute atomic E-state index is 0.578. The number of ether oxygens (including phenoxy) is 1. The Labute approximate surface area is 113 Å². The molecule has 4 unspecified atom stereocenters. The van der Waals surface area contributed by atoms with E-state index in [1.165, 1.54) is 51.4 Å². The second kappa shape index (κ2) is 7.49. The molecule has 1 saturated carbocycles.